The van der Waals surface area contributed by atoms with Crippen molar-refractivity contribution >= 4 is 0 Å². The molecule has 74 valence electrons. The Morgan fingerprint density at radius 3 is 2.57 bits per heavy atom. The minimum absolute atomic E-state index is 0.210. The van der Waals surface area contributed by atoms with Crippen LogP contribution in [0.2, 0.25) is 0 Å². The van der Waals surface area contributed by atoms with Gasteiger partial charge in [0.05, 0.1) is 31.9 Å². The summed E-state index contributed by atoms with van der Waals surface area (Å²) in [6.45, 7) is 1.75. The molecule has 0 fully saturated rings. The monoisotopic (exact) mass is 193 g/mol. The Morgan fingerprint density at radius 2 is 2.07 bits per heavy atom. The zero-order chi connectivity index (χ0) is 10.6. The lowest BCUT2D eigenvalue weighted by molar-refractivity contribution is 0.349. The minimum Gasteiger partial charge on any atom is -0.481 e. The van der Waals surface area contributed by atoms with Crippen molar-refractivity contribution in [1.29, 1.82) is 5.26 Å². The number of ether oxygens (including phenoxy) is 2. The van der Waals surface area contributed by atoms with Crippen LogP contribution in [0, 0.1) is 11.3 Å². The summed E-state index contributed by atoms with van der Waals surface area (Å²) in [5.74, 6) is 0.0924. The molecule has 1 atom stereocenters. The van der Waals surface area contributed by atoms with Crippen molar-refractivity contribution in [2.24, 2.45) is 0 Å². The van der Waals surface area contributed by atoms with Gasteiger partial charge in [0.1, 0.15) is 0 Å². The van der Waals surface area contributed by atoms with Crippen molar-refractivity contribution in [2.75, 3.05) is 14.2 Å². The average Bonchev–Trinajstić information content (AvgIpc) is 2.27. The van der Waals surface area contributed by atoms with Gasteiger partial charge in [-0.3, -0.25) is 0 Å². The molecule has 0 saturated heterocycles. The highest BCUT2D eigenvalue weighted by Crippen LogP contribution is 2.19. The van der Waals surface area contributed by atoms with Crippen molar-refractivity contribution in [3.8, 4) is 18.0 Å². The largest absolute Gasteiger partial charge is 0.481 e. The Morgan fingerprint density at radius 1 is 1.36 bits per heavy atom. The molecule has 0 aliphatic rings. The van der Waals surface area contributed by atoms with Crippen LogP contribution in [0.15, 0.2) is 6.07 Å². The molecule has 0 aliphatic carbocycles. The quantitative estimate of drug-likeness (QED) is 0.719. The molecule has 0 radical (unpaired) electrons. The van der Waals surface area contributed by atoms with E-state index in [2.05, 4.69) is 16.0 Å². The summed E-state index contributed by atoms with van der Waals surface area (Å²) < 4.78 is 9.83. The van der Waals surface area contributed by atoms with Crippen molar-refractivity contribution in [3.63, 3.8) is 0 Å². The lowest BCUT2D eigenvalue weighted by Crippen LogP contribution is -2.01. The van der Waals surface area contributed by atoms with Gasteiger partial charge in [0.25, 0.3) is 0 Å². The van der Waals surface area contributed by atoms with Gasteiger partial charge in [0, 0.05) is 6.07 Å². The van der Waals surface area contributed by atoms with Gasteiger partial charge in [-0.15, -0.1) is 0 Å². The Hall–Kier alpha value is -1.83. The van der Waals surface area contributed by atoms with Gasteiger partial charge >= 0.3 is 6.01 Å². The molecule has 1 rings (SSSR count). The Balaban J connectivity index is 3.12. The molecule has 5 heteroatoms. The summed E-state index contributed by atoms with van der Waals surface area (Å²) in [4.78, 5) is 7.96. The van der Waals surface area contributed by atoms with E-state index in [1.807, 2.05) is 0 Å². The van der Waals surface area contributed by atoms with E-state index < -0.39 is 0 Å². The lowest BCUT2D eigenvalue weighted by atomic mass is 10.1. The van der Waals surface area contributed by atoms with Crippen LogP contribution in [0.25, 0.3) is 0 Å². The molecule has 0 saturated carbocycles. The second-order valence-corrected chi connectivity index (χ2v) is 2.67. The molecule has 0 N–H and O–H groups in total. The van der Waals surface area contributed by atoms with Crippen molar-refractivity contribution in [1.82, 2.24) is 9.97 Å². The van der Waals surface area contributed by atoms with Crippen molar-refractivity contribution < 1.29 is 9.47 Å². The maximum absolute atomic E-state index is 8.72. The van der Waals surface area contributed by atoms with Gasteiger partial charge in [-0.05, 0) is 6.92 Å². The molecule has 5 nitrogen and oxygen atoms in total. The number of rotatable bonds is 3. The SMILES string of the molecule is COc1cc(C(C)C#N)nc(OC)n1. The van der Waals surface area contributed by atoms with Gasteiger partial charge in [0.15, 0.2) is 0 Å². The topological polar surface area (TPSA) is 68.0 Å². The summed E-state index contributed by atoms with van der Waals surface area (Å²) in [6.07, 6.45) is 0. The van der Waals surface area contributed by atoms with Crippen LogP contribution in [0.4, 0.5) is 0 Å². The van der Waals surface area contributed by atoms with E-state index in [1.165, 1.54) is 14.2 Å². The van der Waals surface area contributed by atoms with Gasteiger partial charge in [-0.25, -0.2) is 0 Å². The number of nitriles is 1. The number of hydrogen-bond acceptors (Lipinski definition) is 5. The van der Waals surface area contributed by atoms with Crippen LogP contribution in [-0.2, 0) is 0 Å². The highest BCUT2D eigenvalue weighted by molar-refractivity contribution is 5.24. The van der Waals surface area contributed by atoms with Crippen molar-refractivity contribution in [3.05, 3.63) is 11.8 Å². The first-order valence-electron chi connectivity index (χ1n) is 4.07. The third kappa shape index (κ3) is 2.10. The fraction of sp³-hybridized carbons (Fsp3) is 0.444. The normalized spacial score (nSPS) is 11.6. The minimum atomic E-state index is -0.305. The van der Waals surface area contributed by atoms with E-state index >= 15 is 0 Å². The smallest absolute Gasteiger partial charge is 0.319 e. The number of methoxy groups -OCH3 is 2. The first kappa shape index (κ1) is 10.3. The van der Waals surface area contributed by atoms with E-state index in [1.54, 1.807) is 13.0 Å². The van der Waals surface area contributed by atoms with Crippen LogP contribution >= 0.6 is 0 Å². The van der Waals surface area contributed by atoms with Gasteiger partial charge in [-0.2, -0.15) is 15.2 Å². The molecule has 0 bridgehead atoms. The molecule has 14 heavy (non-hydrogen) atoms. The molecule has 1 heterocycles. The number of aromatic nitrogens is 2. The fourth-order valence-electron chi connectivity index (χ4n) is 0.905. The standard InChI is InChI=1S/C9H11N3O2/c1-6(5-10)7-4-8(13-2)12-9(11-7)14-3/h4,6H,1-3H3. The van der Waals surface area contributed by atoms with E-state index in [0.29, 0.717) is 11.6 Å². The Labute approximate surface area is 82.3 Å². The number of hydrogen-bond donors (Lipinski definition) is 0. The van der Waals surface area contributed by atoms with Gasteiger partial charge in [0.2, 0.25) is 5.88 Å². The summed E-state index contributed by atoms with van der Waals surface area (Å²) in [5, 5.41) is 8.72. The third-order valence-corrected chi connectivity index (χ3v) is 1.73. The third-order valence-electron chi connectivity index (χ3n) is 1.73. The summed E-state index contributed by atoms with van der Waals surface area (Å²) in [5.41, 5.74) is 0.594. The van der Waals surface area contributed by atoms with Gasteiger partial charge in [-0.1, -0.05) is 0 Å². The molecule has 1 aromatic rings. The Bertz CT molecular complexity index is 337. The molecule has 1 aromatic heterocycles. The average molecular weight is 193 g/mol. The molecule has 0 amide bonds. The Kier molecular flexibility index (Phi) is 3.24. The van der Waals surface area contributed by atoms with Gasteiger partial charge < -0.3 is 9.47 Å². The zero-order valence-electron chi connectivity index (χ0n) is 8.31. The van der Waals surface area contributed by atoms with E-state index in [9.17, 15) is 0 Å². The number of nitrogens with zero attached hydrogens (tertiary/aromatic N) is 3. The zero-order valence-corrected chi connectivity index (χ0v) is 8.31. The second kappa shape index (κ2) is 4.42. The van der Waals surface area contributed by atoms with Crippen molar-refractivity contribution in [2.45, 2.75) is 12.8 Å². The predicted molar refractivity (Wildman–Crippen MR) is 49.2 cm³/mol. The van der Waals surface area contributed by atoms with Crippen LogP contribution < -0.4 is 9.47 Å². The maximum atomic E-state index is 8.72. The summed E-state index contributed by atoms with van der Waals surface area (Å²) in [7, 11) is 2.97. The summed E-state index contributed by atoms with van der Waals surface area (Å²) >= 11 is 0. The molecular weight excluding hydrogens is 182 g/mol. The first-order valence-corrected chi connectivity index (χ1v) is 4.07. The van der Waals surface area contributed by atoms with E-state index in [-0.39, 0.29) is 11.9 Å². The predicted octanol–water partition coefficient (Wildman–Crippen LogP) is 1.12. The summed E-state index contributed by atoms with van der Waals surface area (Å²) in [6, 6.07) is 3.91. The molecular formula is C9H11N3O2. The van der Waals surface area contributed by atoms with Crippen LogP contribution in [0.3, 0.4) is 0 Å². The second-order valence-electron chi connectivity index (χ2n) is 2.67. The van der Waals surface area contributed by atoms with Crippen LogP contribution in [0.5, 0.6) is 11.9 Å². The molecule has 0 aromatic carbocycles. The molecule has 0 spiro atoms. The van der Waals surface area contributed by atoms with E-state index in [0.717, 1.165) is 0 Å². The lowest BCUT2D eigenvalue weighted by Gasteiger charge is -2.06. The highest BCUT2D eigenvalue weighted by atomic mass is 16.5. The molecule has 1 unspecified atom stereocenters. The van der Waals surface area contributed by atoms with Crippen LogP contribution in [-0.4, -0.2) is 24.2 Å². The first-order chi connectivity index (χ1) is 6.71. The van der Waals surface area contributed by atoms with Crippen LogP contribution in [0.1, 0.15) is 18.5 Å². The highest BCUT2D eigenvalue weighted by Gasteiger charge is 2.10. The molecule has 0 aliphatic heterocycles. The fourth-order valence-corrected chi connectivity index (χ4v) is 0.905. The van der Waals surface area contributed by atoms with E-state index in [4.69, 9.17) is 14.7 Å². The maximum Gasteiger partial charge on any atom is 0.319 e.